The summed E-state index contributed by atoms with van der Waals surface area (Å²) in [6, 6.07) is 7.10. The molecule has 2 atom stereocenters. The topological polar surface area (TPSA) is 70.1 Å². The fraction of sp³-hybridized carbons (Fsp3) is 0.625. The van der Waals surface area contributed by atoms with Crippen LogP contribution in [-0.2, 0) is 14.8 Å². The predicted octanol–water partition coefficient (Wildman–Crippen LogP) is 0.450. The van der Waals surface area contributed by atoms with Crippen LogP contribution in [-0.4, -0.2) is 73.8 Å². The van der Waals surface area contributed by atoms with Crippen LogP contribution in [0.25, 0.3) is 0 Å². The first-order valence-electron chi connectivity index (χ1n) is 8.02. The molecule has 0 spiro atoms. The van der Waals surface area contributed by atoms with E-state index in [0.717, 1.165) is 5.56 Å². The number of nitrogens with zero attached hydrogens (tertiary/aromatic N) is 2. The summed E-state index contributed by atoms with van der Waals surface area (Å²) in [5, 5.41) is 9.99. The lowest BCUT2D eigenvalue weighted by atomic mass is 10.1. The molecule has 128 valence electrons. The number of hydrogen-bond acceptors (Lipinski definition) is 5. The van der Waals surface area contributed by atoms with Crippen LogP contribution in [0.15, 0.2) is 29.2 Å². The van der Waals surface area contributed by atoms with Crippen LogP contribution in [0.2, 0.25) is 0 Å². The maximum atomic E-state index is 12.6. The molecule has 2 aliphatic rings. The van der Waals surface area contributed by atoms with E-state index in [-0.39, 0.29) is 12.1 Å². The molecule has 0 aromatic heterocycles. The molecule has 1 aromatic rings. The Hall–Kier alpha value is -0.990. The lowest BCUT2D eigenvalue weighted by molar-refractivity contribution is -0.00305. The molecular formula is C16H24N2O4S. The number of aliphatic hydroxyl groups is 1. The maximum absolute atomic E-state index is 12.6. The zero-order chi connectivity index (χ0) is 16.6. The van der Waals surface area contributed by atoms with Gasteiger partial charge >= 0.3 is 0 Å². The number of hydrogen-bond donors (Lipinski definition) is 1. The SMILES string of the molecule is CCO[C@@H]1CN(C2CN(S(=O)(=O)c3ccc(C)cc3)C2)C[C@H]1O. The smallest absolute Gasteiger partial charge is 0.243 e. The number of sulfonamides is 1. The Morgan fingerprint density at radius 3 is 2.43 bits per heavy atom. The van der Waals surface area contributed by atoms with Gasteiger partial charge in [0.05, 0.1) is 17.1 Å². The molecule has 0 aliphatic carbocycles. The Balaban J connectivity index is 1.59. The van der Waals surface area contributed by atoms with Crippen molar-refractivity contribution in [3.05, 3.63) is 29.8 Å². The van der Waals surface area contributed by atoms with Gasteiger partial charge in [-0.05, 0) is 26.0 Å². The Morgan fingerprint density at radius 2 is 1.83 bits per heavy atom. The van der Waals surface area contributed by atoms with Gasteiger partial charge in [0.2, 0.25) is 10.0 Å². The van der Waals surface area contributed by atoms with Gasteiger partial charge in [-0.25, -0.2) is 8.42 Å². The van der Waals surface area contributed by atoms with Crippen LogP contribution >= 0.6 is 0 Å². The van der Waals surface area contributed by atoms with E-state index >= 15 is 0 Å². The zero-order valence-corrected chi connectivity index (χ0v) is 14.4. The minimum atomic E-state index is -3.41. The van der Waals surface area contributed by atoms with Crippen molar-refractivity contribution in [2.24, 2.45) is 0 Å². The van der Waals surface area contributed by atoms with Crippen molar-refractivity contribution in [1.29, 1.82) is 0 Å². The normalized spacial score (nSPS) is 27.3. The van der Waals surface area contributed by atoms with E-state index in [4.69, 9.17) is 4.74 Å². The van der Waals surface area contributed by atoms with Gasteiger partial charge in [0.15, 0.2) is 0 Å². The summed E-state index contributed by atoms with van der Waals surface area (Å²) in [6.07, 6.45) is -0.652. The van der Waals surface area contributed by atoms with Crippen molar-refractivity contribution in [2.75, 3.05) is 32.8 Å². The van der Waals surface area contributed by atoms with Gasteiger partial charge in [0.1, 0.15) is 0 Å². The van der Waals surface area contributed by atoms with Gasteiger partial charge in [0, 0.05) is 38.8 Å². The molecule has 1 aromatic carbocycles. The van der Waals surface area contributed by atoms with Gasteiger partial charge in [0.25, 0.3) is 0 Å². The van der Waals surface area contributed by atoms with Gasteiger partial charge in [-0.15, -0.1) is 0 Å². The summed E-state index contributed by atoms with van der Waals surface area (Å²) >= 11 is 0. The van der Waals surface area contributed by atoms with E-state index in [1.165, 1.54) is 4.31 Å². The monoisotopic (exact) mass is 340 g/mol. The summed E-state index contributed by atoms with van der Waals surface area (Å²) < 4.78 is 32.1. The molecule has 0 amide bonds. The van der Waals surface area contributed by atoms with Crippen LogP contribution < -0.4 is 0 Å². The van der Waals surface area contributed by atoms with E-state index < -0.39 is 16.1 Å². The largest absolute Gasteiger partial charge is 0.389 e. The summed E-state index contributed by atoms with van der Waals surface area (Å²) in [5.74, 6) is 0. The quantitative estimate of drug-likeness (QED) is 0.843. The number of rotatable bonds is 5. The van der Waals surface area contributed by atoms with E-state index in [1.807, 2.05) is 26.0 Å². The van der Waals surface area contributed by atoms with Crippen molar-refractivity contribution >= 4 is 10.0 Å². The molecule has 2 aliphatic heterocycles. The molecule has 1 N–H and O–H groups in total. The van der Waals surface area contributed by atoms with Gasteiger partial charge in [-0.2, -0.15) is 4.31 Å². The lowest BCUT2D eigenvalue weighted by Gasteiger charge is -2.42. The highest BCUT2D eigenvalue weighted by atomic mass is 32.2. The molecule has 6 nitrogen and oxygen atoms in total. The van der Waals surface area contributed by atoms with Crippen LogP contribution in [0.1, 0.15) is 12.5 Å². The van der Waals surface area contributed by atoms with Gasteiger partial charge < -0.3 is 9.84 Å². The lowest BCUT2D eigenvalue weighted by Crippen LogP contribution is -2.60. The number of aliphatic hydroxyl groups excluding tert-OH is 1. The molecule has 2 heterocycles. The summed E-state index contributed by atoms with van der Waals surface area (Å²) in [5.41, 5.74) is 1.04. The third kappa shape index (κ3) is 3.29. The Labute approximate surface area is 137 Å². The summed E-state index contributed by atoms with van der Waals surface area (Å²) in [7, 11) is -3.41. The van der Waals surface area contributed by atoms with E-state index in [1.54, 1.807) is 12.1 Å². The fourth-order valence-corrected chi connectivity index (χ4v) is 4.68. The second-order valence-electron chi connectivity index (χ2n) is 6.30. The van der Waals surface area contributed by atoms with Crippen molar-refractivity contribution in [2.45, 2.75) is 37.0 Å². The number of aryl methyl sites for hydroxylation is 1. The molecule has 3 rings (SSSR count). The molecule has 2 saturated heterocycles. The zero-order valence-electron chi connectivity index (χ0n) is 13.6. The van der Waals surface area contributed by atoms with Crippen LogP contribution in [0, 0.1) is 6.92 Å². The average molecular weight is 340 g/mol. The maximum Gasteiger partial charge on any atom is 0.243 e. The Morgan fingerprint density at radius 1 is 1.17 bits per heavy atom. The number of ether oxygens (including phenoxy) is 1. The standard InChI is InChI=1S/C16H24N2O4S/c1-3-22-16-11-17(10-15(16)19)13-8-18(9-13)23(20,21)14-6-4-12(2)5-7-14/h4-7,13,15-16,19H,3,8-11H2,1-2H3/t15-,16-/m1/s1. The first-order valence-corrected chi connectivity index (χ1v) is 9.46. The summed E-state index contributed by atoms with van der Waals surface area (Å²) in [6.45, 7) is 6.59. The third-order valence-corrected chi connectivity index (χ3v) is 6.50. The average Bonchev–Trinajstić information content (AvgIpc) is 2.79. The van der Waals surface area contributed by atoms with E-state index in [2.05, 4.69) is 4.90 Å². The second kappa shape index (κ2) is 6.49. The van der Waals surface area contributed by atoms with Crippen molar-refractivity contribution in [1.82, 2.24) is 9.21 Å². The number of β-amino-alcohol motifs (C(OH)–C–C–N with tert-alkyl or cyclic N) is 1. The molecule has 23 heavy (non-hydrogen) atoms. The minimum absolute atomic E-state index is 0.162. The van der Waals surface area contributed by atoms with Gasteiger partial charge in [-0.1, -0.05) is 17.7 Å². The first-order chi connectivity index (χ1) is 10.9. The highest BCUT2D eigenvalue weighted by molar-refractivity contribution is 7.89. The molecule has 2 fully saturated rings. The highest BCUT2D eigenvalue weighted by Crippen LogP contribution is 2.27. The summed E-state index contributed by atoms with van der Waals surface area (Å²) in [4.78, 5) is 2.47. The van der Waals surface area contributed by atoms with Crippen molar-refractivity contribution < 1.29 is 18.3 Å². The first kappa shape index (κ1) is 16.9. The highest BCUT2D eigenvalue weighted by Gasteiger charge is 2.44. The number of benzene rings is 1. The van der Waals surface area contributed by atoms with Crippen molar-refractivity contribution in [3.63, 3.8) is 0 Å². The molecule has 0 saturated carbocycles. The molecule has 0 radical (unpaired) electrons. The van der Waals surface area contributed by atoms with E-state index in [0.29, 0.717) is 37.7 Å². The van der Waals surface area contributed by atoms with Crippen LogP contribution in [0.4, 0.5) is 0 Å². The van der Waals surface area contributed by atoms with Crippen molar-refractivity contribution in [3.8, 4) is 0 Å². The molecular weight excluding hydrogens is 316 g/mol. The molecule has 7 heteroatoms. The second-order valence-corrected chi connectivity index (χ2v) is 8.24. The fourth-order valence-electron chi connectivity index (χ4n) is 3.16. The third-order valence-electron chi connectivity index (χ3n) is 4.65. The van der Waals surface area contributed by atoms with Crippen LogP contribution in [0.5, 0.6) is 0 Å². The Kier molecular flexibility index (Phi) is 4.75. The number of likely N-dealkylation sites (tertiary alicyclic amines) is 1. The van der Waals surface area contributed by atoms with Crippen LogP contribution in [0.3, 0.4) is 0 Å². The van der Waals surface area contributed by atoms with Gasteiger partial charge in [-0.3, -0.25) is 4.90 Å². The minimum Gasteiger partial charge on any atom is -0.389 e. The molecule has 0 bridgehead atoms. The predicted molar refractivity (Wildman–Crippen MR) is 86.7 cm³/mol. The molecule has 0 unspecified atom stereocenters. The van der Waals surface area contributed by atoms with E-state index in [9.17, 15) is 13.5 Å². The Bertz CT molecular complexity index is 641.